The Kier molecular flexibility index (Phi) is 7.05. The van der Waals surface area contributed by atoms with Gasteiger partial charge in [-0.2, -0.15) is 0 Å². The molecule has 9 heteroatoms. The zero-order valence-corrected chi connectivity index (χ0v) is 22.8. The molecule has 1 N–H and O–H groups in total. The lowest BCUT2D eigenvalue weighted by atomic mass is 9.82. The number of carbonyl (C=O) groups excluding carboxylic acids is 1. The van der Waals surface area contributed by atoms with E-state index in [1.54, 1.807) is 31.7 Å². The number of nitrogens with zero attached hydrogens (tertiary/aromatic N) is 2. The number of aliphatic carboxylic acids is 1. The summed E-state index contributed by atoms with van der Waals surface area (Å²) in [5, 5.41) is 10.9. The molecule has 2 heterocycles. The summed E-state index contributed by atoms with van der Waals surface area (Å²) in [5.74, 6) is -3.99. The van der Waals surface area contributed by atoms with Crippen LogP contribution in [0.4, 0.5) is 13.6 Å². The first-order valence-electron chi connectivity index (χ1n) is 12.3. The molecule has 1 unspecified atom stereocenters. The Bertz CT molecular complexity index is 1270. The van der Waals surface area contributed by atoms with Crippen molar-refractivity contribution in [1.82, 2.24) is 9.80 Å². The van der Waals surface area contributed by atoms with Crippen LogP contribution in [-0.2, 0) is 22.6 Å². The van der Waals surface area contributed by atoms with Gasteiger partial charge in [0.25, 0.3) is 5.92 Å². The molecule has 1 fully saturated rings. The summed E-state index contributed by atoms with van der Waals surface area (Å²) in [6, 6.07) is 5.03. The SMILES string of the molecule is Cc1cc(Cl)ccc1-c1c(C)c2c(c(C)c1C(OC(C)(C)C)C(=O)O)CN(C(=O)N1CCC(F)(F)C1)C2. The average molecular weight is 535 g/mol. The molecular formula is C28H33ClF2N2O4. The number of alkyl halides is 2. The number of carbonyl (C=O) groups is 2. The van der Waals surface area contributed by atoms with Gasteiger partial charge in [0.2, 0.25) is 0 Å². The minimum absolute atomic E-state index is 0.0115. The lowest BCUT2D eigenvalue weighted by Gasteiger charge is -2.30. The van der Waals surface area contributed by atoms with Gasteiger partial charge in [-0.1, -0.05) is 17.7 Å². The second-order valence-electron chi connectivity index (χ2n) is 11.1. The maximum Gasteiger partial charge on any atom is 0.337 e. The van der Waals surface area contributed by atoms with Gasteiger partial charge in [-0.05, 0) is 92.6 Å². The number of carboxylic acid groups (broad SMARTS) is 1. The molecule has 2 aromatic carbocycles. The average Bonchev–Trinajstić information content (AvgIpc) is 3.38. The zero-order chi connectivity index (χ0) is 27.4. The van der Waals surface area contributed by atoms with Gasteiger partial charge in [-0.25, -0.2) is 18.4 Å². The molecule has 1 saturated heterocycles. The van der Waals surface area contributed by atoms with Gasteiger partial charge in [0, 0.05) is 36.6 Å². The molecule has 1 atom stereocenters. The fourth-order valence-corrected chi connectivity index (χ4v) is 5.65. The van der Waals surface area contributed by atoms with Crippen molar-refractivity contribution in [2.75, 3.05) is 13.1 Å². The summed E-state index contributed by atoms with van der Waals surface area (Å²) in [5.41, 5.74) is 5.55. The Morgan fingerprint density at radius 1 is 1.08 bits per heavy atom. The minimum Gasteiger partial charge on any atom is -0.479 e. The van der Waals surface area contributed by atoms with E-state index in [-0.39, 0.29) is 26.1 Å². The molecule has 0 aliphatic carbocycles. The molecule has 0 spiro atoms. The molecule has 6 nitrogen and oxygen atoms in total. The largest absolute Gasteiger partial charge is 0.479 e. The van der Waals surface area contributed by atoms with E-state index in [4.69, 9.17) is 16.3 Å². The third-order valence-corrected chi connectivity index (χ3v) is 7.38. The predicted molar refractivity (Wildman–Crippen MR) is 138 cm³/mol. The maximum atomic E-state index is 13.8. The fourth-order valence-electron chi connectivity index (χ4n) is 5.42. The number of fused-ring (bicyclic) bond motifs is 1. The van der Waals surface area contributed by atoms with Crippen LogP contribution >= 0.6 is 11.6 Å². The second kappa shape index (κ2) is 9.55. The summed E-state index contributed by atoms with van der Waals surface area (Å²) in [7, 11) is 0. The number of hydrogen-bond donors (Lipinski definition) is 1. The van der Waals surface area contributed by atoms with Crippen LogP contribution in [0.25, 0.3) is 11.1 Å². The van der Waals surface area contributed by atoms with Crippen LogP contribution in [0, 0.1) is 20.8 Å². The van der Waals surface area contributed by atoms with Gasteiger partial charge >= 0.3 is 12.0 Å². The fraction of sp³-hybridized carbons (Fsp3) is 0.500. The first-order chi connectivity index (χ1) is 17.1. The normalized spacial score (nSPS) is 17.8. The number of ether oxygens (including phenoxy) is 1. The van der Waals surface area contributed by atoms with E-state index < -0.39 is 36.2 Å². The van der Waals surface area contributed by atoms with Gasteiger partial charge in [-0.3, -0.25) is 0 Å². The van der Waals surface area contributed by atoms with Crippen molar-refractivity contribution in [3.05, 3.63) is 56.6 Å². The Morgan fingerprint density at radius 3 is 2.22 bits per heavy atom. The third-order valence-electron chi connectivity index (χ3n) is 7.14. The summed E-state index contributed by atoms with van der Waals surface area (Å²) >= 11 is 6.22. The van der Waals surface area contributed by atoms with Crippen LogP contribution in [0.15, 0.2) is 18.2 Å². The van der Waals surface area contributed by atoms with Crippen LogP contribution in [0.1, 0.15) is 66.7 Å². The molecule has 2 aliphatic rings. The maximum absolute atomic E-state index is 13.8. The van der Waals surface area contributed by atoms with Crippen molar-refractivity contribution >= 4 is 23.6 Å². The second-order valence-corrected chi connectivity index (χ2v) is 11.5. The number of benzene rings is 2. The Morgan fingerprint density at radius 2 is 1.70 bits per heavy atom. The number of likely N-dealkylation sites (tertiary alicyclic amines) is 1. The lowest BCUT2D eigenvalue weighted by Crippen LogP contribution is -2.40. The van der Waals surface area contributed by atoms with Crippen molar-refractivity contribution in [1.29, 1.82) is 0 Å². The molecule has 0 radical (unpaired) electrons. The van der Waals surface area contributed by atoms with Crippen molar-refractivity contribution < 1.29 is 28.2 Å². The van der Waals surface area contributed by atoms with Crippen molar-refractivity contribution in [3.63, 3.8) is 0 Å². The van der Waals surface area contributed by atoms with Gasteiger partial charge in [0.05, 0.1) is 12.1 Å². The highest BCUT2D eigenvalue weighted by Crippen LogP contribution is 2.45. The lowest BCUT2D eigenvalue weighted by molar-refractivity contribution is -0.160. The van der Waals surface area contributed by atoms with Gasteiger partial charge in [0.15, 0.2) is 6.10 Å². The first-order valence-corrected chi connectivity index (χ1v) is 12.7. The van der Waals surface area contributed by atoms with Gasteiger partial charge in [0.1, 0.15) is 0 Å². The summed E-state index contributed by atoms with van der Waals surface area (Å²) < 4.78 is 33.7. The van der Waals surface area contributed by atoms with Gasteiger partial charge in [-0.15, -0.1) is 0 Å². The monoisotopic (exact) mass is 534 g/mol. The molecule has 4 rings (SSSR count). The number of urea groups is 1. The van der Waals surface area contributed by atoms with E-state index in [2.05, 4.69) is 0 Å². The highest BCUT2D eigenvalue weighted by molar-refractivity contribution is 6.30. The summed E-state index contributed by atoms with van der Waals surface area (Å²) in [4.78, 5) is 28.5. The van der Waals surface area contributed by atoms with Crippen LogP contribution in [0.5, 0.6) is 0 Å². The molecule has 2 aromatic rings. The zero-order valence-electron chi connectivity index (χ0n) is 22.0. The van der Waals surface area contributed by atoms with Crippen LogP contribution < -0.4 is 0 Å². The van der Waals surface area contributed by atoms with E-state index in [1.807, 2.05) is 32.9 Å². The van der Waals surface area contributed by atoms with E-state index >= 15 is 0 Å². The molecule has 2 aliphatic heterocycles. The smallest absolute Gasteiger partial charge is 0.337 e. The van der Waals surface area contributed by atoms with Crippen molar-refractivity contribution in [2.45, 2.75) is 78.7 Å². The summed E-state index contributed by atoms with van der Waals surface area (Å²) in [6.07, 6.45) is -1.59. The van der Waals surface area contributed by atoms with Crippen LogP contribution in [-0.4, -0.2) is 51.5 Å². The van der Waals surface area contributed by atoms with E-state index in [1.165, 1.54) is 4.90 Å². The minimum atomic E-state index is -2.88. The highest BCUT2D eigenvalue weighted by atomic mass is 35.5. The number of hydrogen-bond acceptors (Lipinski definition) is 3. The predicted octanol–water partition coefficient (Wildman–Crippen LogP) is 6.65. The molecule has 0 bridgehead atoms. The standard InChI is InChI=1S/C28H33ClF2N2O4/c1-15-11-18(29)7-8-19(15)22-16(2)20-12-33(26(36)32-10-9-28(30,31)14-32)13-21(20)17(3)23(22)24(25(34)35)37-27(4,5)6/h7-8,11,24H,9-10,12-14H2,1-6H3,(H,34,35). The molecule has 2 amide bonds. The number of aryl methyl sites for hydroxylation is 1. The Hall–Kier alpha value is -2.71. The van der Waals surface area contributed by atoms with E-state index in [0.29, 0.717) is 10.6 Å². The highest BCUT2D eigenvalue weighted by Gasteiger charge is 2.43. The first kappa shape index (κ1) is 27.3. The number of rotatable bonds is 4. The topological polar surface area (TPSA) is 70.1 Å². The molecule has 37 heavy (non-hydrogen) atoms. The van der Waals surface area contributed by atoms with E-state index in [0.717, 1.165) is 38.9 Å². The van der Waals surface area contributed by atoms with E-state index in [9.17, 15) is 23.5 Å². The van der Waals surface area contributed by atoms with Crippen molar-refractivity contribution in [2.24, 2.45) is 0 Å². The summed E-state index contributed by atoms with van der Waals surface area (Å²) in [6.45, 7) is 11.0. The van der Waals surface area contributed by atoms with Crippen LogP contribution in [0.2, 0.25) is 5.02 Å². The van der Waals surface area contributed by atoms with Crippen LogP contribution in [0.3, 0.4) is 0 Å². The third kappa shape index (κ3) is 5.32. The number of halogens is 3. The molecule has 0 aromatic heterocycles. The Labute approximate surface area is 221 Å². The van der Waals surface area contributed by atoms with Gasteiger partial charge < -0.3 is 19.6 Å². The van der Waals surface area contributed by atoms with Crippen molar-refractivity contribution in [3.8, 4) is 11.1 Å². The Balaban J connectivity index is 1.88. The molecular weight excluding hydrogens is 502 g/mol. The quantitative estimate of drug-likeness (QED) is 0.477. The molecule has 200 valence electrons. The molecule has 0 saturated carbocycles. The number of amides is 2. The number of carboxylic acids is 1.